The molecule has 0 aromatic heterocycles. The molecule has 0 bridgehead atoms. The van der Waals surface area contributed by atoms with Gasteiger partial charge in [-0.2, -0.15) is 0 Å². The van der Waals surface area contributed by atoms with Crippen LogP contribution in [0.2, 0.25) is 5.02 Å². The minimum Gasteiger partial charge on any atom is -0.491 e. The Balaban J connectivity index is 0.00000264. The van der Waals surface area contributed by atoms with E-state index < -0.39 is 6.10 Å². The molecule has 1 aromatic rings. The summed E-state index contributed by atoms with van der Waals surface area (Å²) in [6, 6.07) is 5.21. The highest BCUT2D eigenvalue weighted by atomic mass is 35.5. The van der Waals surface area contributed by atoms with Gasteiger partial charge in [-0.3, -0.25) is 4.79 Å². The van der Waals surface area contributed by atoms with Gasteiger partial charge in [-0.15, -0.1) is 24.8 Å². The molecule has 1 atom stereocenters. The molecule has 2 rings (SSSR count). The first-order valence-electron chi connectivity index (χ1n) is 7.26. The van der Waals surface area contributed by atoms with E-state index in [4.69, 9.17) is 21.1 Å². The van der Waals surface area contributed by atoms with Crippen LogP contribution >= 0.6 is 36.4 Å². The van der Waals surface area contributed by atoms with Gasteiger partial charge in [0.15, 0.2) is 0 Å². The Labute approximate surface area is 160 Å². The van der Waals surface area contributed by atoms with Crippen molar-refractivity contribution in [1.82, 2.24) is 10.2 Å². The Morgan fingerprint density at radius 3 is 2.79 bits per heavy atom. The topological polar surface area (TPSA) is 62.8 Å². The molecule has 1 saturated heterocycles. The molecule has 0 saturated carbocycles. The molecular weight excluding hydrogens is 377 g/mol. The highest BCUT2D eigenvalue weighted by molar-refractivity contribution is 6.32. The number of hydrogen-bond acceptors (Lipinski definition) is 5. The van der Waals surface area contributed by atoms with E-state index in [1.165, 1.54) is 0 Å². The molecule has 1 amide bonds. The number of rotatable bonds is 6. The predicted molar refractivity (Wildman–Crippen MR) is 101 cm³/mol. The third-order valence-electron chi connectivity index (χ3n) is 3.22. The Morgan fingerprint density at radius 1 is 1.46 bits per heavy atom. The van der Waals surface area contributed by atoms with Gasteiger partial charge in [-0.1, -0.05) is 11.6 Å². The minimum absolute atomic E-state index is 0. The van der Waals surface area contributed by atoms with Crippen LogP contribution in [0.15, 0.2) is 18.2 Å². The molecule has 1 fully saturated rings. The Kier molecular flexibility index (Phi) is 11.4. The molecule has 0 radical (unpaired) electrons. The first-order valence-corrected chi connectivity index (χ1v) is 7.64. The third kappa shape index (κ3) is 7.42. The quantitative estimate of drug-likeness (QED) is 0.765. The molecule has 138 valence electrons. The van der Waals surface area contributed by atoms with Crippen LogP contribution in [0.1, 0.15) is 0 Å². The van der Waals surface area contributed by atoms with E-state index in [1.54, 1.807) is 18.2 Å². The van der Waals surface area contributed by atoms with Gasteiger partial charge < -0.3 is 25.0 Å². The Morgan fingerprint density at radius 2 is 2.21 bits per heavy atom. The molecule has 0 spiro atoms. The first kappa shape index (κ1) is 23.2. The third-order valence-corrected chi connectivity index (χ3v) is 3.51. The largest absolute Gasteiger partial charge is 0.491 e. The number of anilines is 1. The molecule has 6 nitrogen and oxygen atoms in total. The van der Waals surface area contributed by atoms with E-state index in [2.05, 4.69) is 10.6 Å². The summed E-state index contributed by atoms with van der Waals surface area (Å²) in [5, 5.41) is 6.39. The number of carbonyl (C=O) groups is 1. The summed E-state index contributed by atoms with van der Waals surface area (Å²) in [7, 11) is 3.96. The molecule has 9 heteroatoms. The fourth-order valence-corrected chi connectivity index (χ4v) is 2.23. The lowest BCUT2D eigenvalue weighted by atomic mass is 10.2. The smallest absolute Gasteiger partial charge is 0.254 e. The number of likely N-dealkylation sites (N-methyl/N-ethyl adjacent to an activating group) is 1. The summed E-state index contributed by atoms with van der Waals surface area (Å²) in [6.07, 6.45) is -0.469. The van der Waals surface area contributed by atoms with Crippen LogP contribution in [0, 0.1) is 0 Å². The number of carbonyl (C=O) groups excluding carboxylic acids is 1. The molecule has 1 unspecified atom stereocenters. The monoisotopic (exact) mass is 399 g/mol. The summed E-state index contributed by atoms with van der Waals surface area (Å²) < 4.78 is 11.0. The summed E-state index contributed by atoms with van der Waals surface area (Å²) in [6.45, 7) is 3.19. The fourth-order valence-electron chi connectivity index (χ4n) is 1.99. The summed E-state index contributed by atoms with van der Waals surface area (Å²) in [4.78, 5) is 14.1. The highest BCUT2D eigenvalue weighted by Gasteiger charge is 2.21. The minimum atomic E-state index is -0.469. The molecule has 1 aliphatic heterocycles. The second-order valence-electron chi connectivity index (χ2n) is 5.35. The number of ether oxygens (including phenoxy) is 2. The average molecular weight is 401 g/mol. The highest BCUT2D eigenvalue weighted by Crippen LogP contribution is 2.27. The van der Waals surface area contributed by atoms with Crippen molar-refractivity contribution in [1.29, 1.82) is 0 Å². The molecule has 0 aliphatic carbocycles. The van der Waals surface area contributed by atoms with Gasteiger partial charge in [0.05, 0.1) is 11.6 Å². The van der Waals surface area contributed by atoms with Crippen molar-refractivity contribution in [3.8, 4) is 5.75 Å². The number of hydrogen-bond donors (Lipinski definition) is 2. The van der Waals surface area contributed by atoms with Gasteiger partial charge in [0, 0.05) is 25.3 Å². The van der Waals surface area contributed by atoms with Gasteiger partial charge in [0.1, 0.15) is 18.5 Å². The standard InChI is InChI=1S/C15H22ClN3O3.2ClH/c1-19(2)6-8-22-13-4-3-11(9-12(13)16)18-15(20)14-10-17-5-7-21-14;;/h3-4,9,14,17H,5-8,10H2,1-2H3,(H,18,20);2*1H. The zero-order chi connectivity index (χ0) is 15.9. The zero-order valence-electron chi connectivity index (χ0n) is 13.7. The van der Waals surface area contributed by atoms with E-state index >= 15 is 0 Å². The number of morpholine rings is 1. The maximum Gasteiger partial charge on any atom is 0.254 e. The van der Waals surface area contributed by atoms with Crippen LogP contribution in [0.3, 0.4) is 0 Å². The number of nitrogens with one attached hydrogen (secondary N) is 2. The van der Waals surface area contributed by atoms with Crippen LogP contribution in [0.5, 0.6) is 5.75 Å². The van der Waals surface area contributed by atoms with Crippen molar-refractivity contribution < 1.29 is 14.3 Å². The average Bonchev–Trinajstić information content (AvgIpc) is 2.50. The van der Waals surface area contributed by atoms with Crippen LogP contribution in [0.4, 0.5) is 5.69 Å². The molecule has 1 aromatic carbocycles. The van der Waals surface area contributed by atoms with Gasteiger partial charge in [0.2, 0.25) is 0 Å². The van der Waals surface area contributed by atoms with Gasteiger partial charge in [0.25, 0.3) is 5.91 Å². The summed E-state index contributed by atoms with van der Waals surface area (Å²) in [5.74, 6) is 0.432. The predicted octanol–water partition coefficient (Wildman–Crippen LogP) is 2.05. The Bertz CT molecular complexity index is 512. The van der Waals surface area contributed by atoms with Crippen molar-refractivity contribution >= 4 is 48.0 Å². The van der Waals surface area contributed by atoms with E-state index in [9.17, 15) is 4.79 Å². The molecule has 1 heterocycles. The van der Waals surface area contributed by atoms with Gasteiger partial charge >= 0.3 is 0 Å². The van der Waals surface area contributed by atoms with Crippen molar-refractivity contribution in [2.24, 2.45) is 0 Å². The van der Waals surface area contributed by atoms with E-state index in [1.807, 2.05) is 19.0 Å². The molecule has 24 heavy (non-hydrogen) atoms. The number of benzene rings is 1. The van der Waals surface area contributed by atoms with Gasteiger partial charge in [-0.25, -0.2) is 0 Å². The molecular formula is C15H24Cl3N3O3. The second-order valence-corrected chi connectivity index (χ2v) is 5.76. The maximum absolute atomic E-state index is 12.1. The lowest BCUT2D eigenvalue weighted by Crippen LogP contribution is -2.45. The fraction of sp³-hybridized carbons (Fsp3) is 0.533. The van der Waals surface area contributed by atoms with Crippen molar-refractivity contribution in [3.05, 3.63) is 23.2 Å². The lowest BCUT2D eigenvalue weighted by Gasteiger charge is -2.22. The van der Waals surface area contributed by atoms with Crippen molar-refractivity contribution in [3.63, 3.8) is 0 Å². The van der Waals surface area contributed by atoms with Crippen LogP contribution < -0.4 is 15.4 Å². The van der Waals surface area contributed by atoms with Crippen LogP contribution in [-0.2, 0) is 9.53 Å². The van der Waals surface area contributed by atoms with Gasteiger partial charge in [-0.05, 0) is 32.3 Å². The van der Waals surface area contributed by atoms with Crippen molar-refractivity contribution in [2.45, 2.75) is 6.10 Å². The normalized spacial score (nSPS) is 16.8. The van der Waals surface area contributed by atoms with E-state index in [-0.39, 0.29) is 30.7 Å². The lowest BCUT2D eigenvalue weighted by molar-refractivity contribution is -0.128. The SMILES string of the molecule is CN(C)CCOc1ccc(NC(=O)C2CNCCO2)cc1Cl.Cl.Cl. The van der Waals surface area contributed by atoms with Crippen LogP contribution in [0.25, 0.3) is 0 Å². The Hall–Kier alpha value is -0.760. The number of halogens is 3. The maximum atomic E-state index is 12.1. The molecule has 2 N–H and O–H groups in total. The summed E-state index contributed by atoms with van der Waals surface area (Å²) >= 11 is 6.18. The second kappa shape index (κ2) is 11.7. The summed E-state index contributed by atoms with van der Waals surface area (Å²) in [5.41, 5.74) is 0.629. The first-order chi connectivity index (χ1) is 10.6. The number of nitrogens with zero attached hydrogens (tertiary/aromatic N) is 1. The van der Waals surface area contributed by atoms with E-state index in [0.29, 0.717) is 36.2 Å². The number of amides is 1. The molecule has 1 aliphatic rings. The van der Waals surface area contributed by atoms with Crippen molar-refractivity contribution in [2.75, 3.05) is 52.3 Å². The van der Waals surface area contributed by atoms with E-state index in [0.717, 1.165) is 13.1 Å². The van der Waals surface area contributed by atoms with Crippen LogP contribution in [-0.4, -0.2) is 63.9 Å². The zero-order valence-corrected chi connectivity index (χ0v) is 16.1.